The molecule has 0 amide bonds. The lowest BCUT2D eigenvalue weighted by Gasteiger charge is -2.21. The van der Waals surface area contributed by atoms with Crippen LogP contribution in [0.15, 0.2) is 110 Å². The lowest BCUT2D eigenvalue weighted by Crippen LogP contribution is -2.40. The highest BCUT2D eigenvalue weighted by atomic mass is 28.3. The number of aromatic nitrogens is 1. The van der Waals surface area contributed by atoms with Crippen molar-refractivity contribution < 1.29 is 0 Å². The van der Waals surface area contributed by atoms with E-state index >= 15 is 0 Å². The molecule has 0 saturated carbocycles. The van der Waals surface area contributed by atoms with Crippen molar-refractivity contribution in [3.05, 3.63) is 110 Å². The van der Waals surface area contributed by atoms with Gasteiger partial charge in [-0.1, -0.05) is 91.1 Å². The molecule has 31 heavy (non-hydrogen) atoms. The molecule has 2 heteroatoms. The first-order valence-corrected chi connectivity index (χ1v) is 14.1. The molecule has 1 aromatic heterocycles. The Morgan fingerprint density at radius 2 is 1.35 bits per heavy atom. The molecule has 0 aliphatic carbocycles. The van der Waals surface area contributed by atoms with E-state index in [0.717, 1.165) is 6.04 Å². The molecule has 1 heterocycles. The molecule has 0 fully saturated rings. The van der Waals surface area contributed by atoms with E-state index in [1.807, 2.05) is 0 Å². The molecule has 5 aromatic rings. The quantitative estimate of drug-likeness (QED) is 0.205. The Labute approximate surface area is 185 Å². The number of nitrogens with zero attached hydrogens (tertiary/aromatic N) is 1. The van der Waals surface area contributed by atoms with Gasteiger partial charge in [0.15, 0.2) is 0 Å². The largest absolute Gasteiger partial charge is 0.309 e. The SMILES string of the molecule is C=CC[Si](C)(C)c1ccc(-c2ccc3c(c2)c2ccccc2n3-c2ccccc2)cc1. The van der Waals surface area contributed by atoms with E-state index in [-0.39, 0.29) is 0 Å². The third-order valence-electron chi connectivity index (χ3n) is 6.34. The van der Waals surface area contributed by atoms with Crippen LogP contribution in [-0.2, 0) is 0 Å². The minimum atomic E-state index is -1.44. The molecule has 0 spiro atoms. The summed E-state index contributed by atoms with van der Waals surface area (Å²) >= 11 is 0. The Balaban J connectivity index is 1.65. The minimum Gasteiger partial charge on any atom is -0.309 e. The van der Waals surface area contributed by atoms with E-state index in [4.69, 9.17) is 0 Å². The molecule has 0 bridgehead atoms. The molecule has 0 saturated heterocycles. The Kier molecular flexibility index (Phi) is 4.88. The Hall–Kier alpha value is -3.36. The fourth-order valence-corrected chi connectivity index (χ4v) is 6.63. The van der Waals surface area contributed by atoms with Gasteiger partial charge >= 0.3 is 0 Å². The fraction of sp³-hybridized carbons (Fsp3) is 0.103. The number of rotatable bonds is 5. The summed E-state index contributed by atoms with van der Waals surface area (Å²) in [7, 11) is -1.44. The summed E-state index contributed by atoms with van der Waals surface area (Å²) in [5.74, 6) is 0. The zero-order valence-electron chi connectivity index (χ0n) is 18.2. The molecule has 0 aliphatic rings. The number of hydrogen-bond acceptors (Lipinski definition) is 0. The summed E-state index contributed by atoms with van der Waals surface area (Å²) in [5.41, 5.74) is 6.21. The second kappa shape index (κ2) is 7.71. The Morgan fingerprint density at radius 1 is 0.710 bits per heavy atom. The van der Waals surface area contributed by atoms with Gasteiger partial charge in [-0.25, -0.2) is 0 Å². The summed E-state index contributed by atoms with van der Waals surface area (Å²) in [6.07, 6.45) is 2.07. The van der Waals surface area contributed by atoms with Crippen molar-refractivity contribution in [1.29, 1.82) is 0 Å². The average molecular weight is 418 g/mol. The molecule has 1 nitrogen and oxygen atoms in total. The Morgan fingerprint density at radius 3 is 2.10 bits per heavy atom. The first-order chi connectivity index (χ1) is 15.1. The molecular formula is C29H27NSi. The van der Waals surface area contributed by atoms with Crippen LogP contribution < -0.4 is 5.19 Å². The van der Waals surface area contributed by atoms with Crippen molar-refractivity contribution in [1.82, 2.24) is 4.57 Å². The van der Waals surface area contributed by atoms with E-state index in [1.54, 1.807) is 0 Å². The van der Waals surface area contributed by atoms with Gasteiger partial charge in [-0.05, 0) is 47.5 Å². The number of benzene rings is 4. The van der Waals surface area contributed by atoms with Crippen molar-refractivity contribution in [2.45, 2.75) is 19.1 Å². The maximum atomic E-state index is 3.95. The zero-order chi connectivity index (χ0) is 21.4. The molecule has 5 rings (SSSR count). The van der Waals surface area contributed by atoms with Crippen LogP contribution in [0.4, 0.5) is 0 Å². The smallest absolute Gasteiger partial charge is 0.0843 e. The van der Waals surface area contributed by atoms with Gasteiger partial charge in [-0.15, -0.1) is 6.58 Å². The molecule has 4 aromatic carbocycles. The standard InChI is InChI=1S/C29H27NSi/c1-4-20-31(2,3)25-17-14-22(15-18-25)23-16-19-29-27(21-23)26-12-8-9-13-28(26)30(29)24-10-6-5-7-11-24/h4-19,21H,1,20H2,2-3H3. The lowest BCUT2D eigenvalue weighted by molar-refractivity contribution is 1.18. The van der Waals surface area contributed by atoms with Crippen LogP contribution in [0, 0.1) is 0 Å². The highest BCUT2D eigenvalue weighted by molar-refractivity contribution is 6.90. The van der Waals surface area contributed by atoms with E-state index < -0.39 is 8.07 Å². The average Bonchev–Trinajstić information content (AvgIpc) is 3.13. The van der Waals surface area contributed by atoms with Crippen molar-refractivity contribution in [2.75, 3.05) is 0 Å². The highest BCUT2D eigenvalue weighted by Gasteiger charge is 2.21. The molecule has 0 atom stereocenters. The third kappa shape index (κ3) is 3.43. The molecule has 0 unspecified atom stereocenters. The summed E-state index contributed by atoms with van der Waals surface area (Å²) in [6, 6.07) is 36.5. The van der Waals surface area contributed by atoms with E-state index in [9.17, 15) is 0 Å². The van der Waals surface area contributed by atoms with Gasteiger partial charge in [0.1, 0.15) is 0 Å². The van der Waals surface area contributed by atoms with Gasteiger partial charge < -0.3 is 4.57 Å². The molecule has 152 valence electrons. The first-order valence-electron chi connectivity index (χ1n) is 10.9. The molecule has 0 aliphatic heterocycles. The summed E-state index contributed by atoms with van der Waals surface area (Å²) < 4.78 is 2.36. The van der Waals surface area contributed by atoms with Crippen LogP contribution >= 0.6 is 0 Å². The van der Waals surface area contributed by atoms with E-state index in [1.165, 1.54) is 43.8 Å². The fourth-order valence-electron chi connectivity index (χ4n) is 4.60. The van der Waals surface area contributed by atoms with Crippen LogP contribution in [0.5, 0.6) is 0 Å². The lowest BCUT2D eigenvalue weighted by atomic mass is 10.0. The van der Waals surface area contributed by atoms with Gasteiger partial charge in [-0.2, -0.15) is 0 Å². The van der Waals surface area contributed by atoms with Crippen LogP contribution in [0.25, 0.3) is 38.6 Å². The molecular weight excluding hydrogens is 390 g/mol. The van der Waals surface area contributed by atoms with Crippen LogP contribution in [0.1, 0.15) is 0 Å². The number of allylic oxidation sites excluding steroid dienone is 1. The second-order valence-corrected chi connectivity index (χ2v) is 13.6. The highest BCUT2D eigenvalue weighted by Crippen LogP contribution is 2.34. The van der Waals surface area contributed by atoms with Gasteiger partial charge in [0, 0.05) is 16.5 Å². The summed E-state index contributed by atoms with van der Waals surface area (Å²) in [5, 5.41) is 4.07. The molecule has 0 radical (unpaired) electrons. The van der Waals surface area contributed by atoms with E-state index in [2.05, 4.69) is 127 Å². The van der Waals surface area contributed by atoms with Crippen molar-refractivity contribution >= 4 is 35.1 Å². The zero-order valence-corrected chi connectivity index (χ0v) is 19.2. The second-order valence-electron chi connectivity index (χ2n) is 8.87. The van der Waals surface area contributed by atoms with Crippen molar-refractivity contribution in [3.8, 4) is 16.8 Å². The number of para-hydroxylation sites is 2. The van der Waals surface area contributed by atoms with Crippen LogP contribution in [-0.4, -0.2) is 12.6 Å². The van der Waals surface area contributed by atoms with Gasteiger partial charge in [-0.3, -0.25) is 0 Å². The van der Waals surface area contributed by atoms with Crippen molar-refractivity contribution in [3.63, 3.8) is 0 Å². The third-order valence-corrected chi connectivity index (χ3v) is 9.55. The summed E-state index contributed by atoms with van der Waals surface area (Å²) in [4.78, 5) is 0. The van der Waals surface area contributed by atoms with Gasteiger partial charge in [0.2, 0.25) is 0 Å². The summed E-state index contributed by atoms with van der Waals surface area (Å²) in [6.45, 7) is 8.77. The van der Waals surface area contributed by atoms with Crippen LogP contribution in [0.3, 0.4) is 0 Å². The van der Waals surface area contributed by atoms with Crippen LogP contribution in [0.2, 0.25) is 19.1 Å². The maximum Gasteiger partial charge on any atom is 0.0843 e. The number of hydrogen-bond donors (Lipinski definition) is 0. The predicted molar refractivity (Wildman–Crippen MR) is 138 cm³/mol. The Bertz CT molecular complexity index is 1380. The predicted octanol–water partition coefficient (Wildman–Crippen LogP) is 7.55. The topological polar surface area (TPSA) is 4.93 Å². The van der Waals surface area contributed by atoms with E-state index in [0.29, 0.717) is 0 Å². The van der Waals surface area contributed by atoms with Crippen molar-refractivity contribution in [2.24, 2.45) is 0 Å². The molecule has 0 N–H and O–H groups in total. The normalized spacial score (nSPS) is 11.8. The monoisotopic (exact) mass is 417 g/mol. The first kappa shape index (κ1) is 19.6. The van der Waals surface area contributed by atoms with Gasteiger partial charge in [0.25, 0.3) is 0 Å². The minimum absolute atomic E-state index is 1.11. The van der Waals surface area contributed by atoms with Gasteiger partial charge in [0.05, 0.1) is 19.1 Å². The maximum absolute atomic E-state index is 3.95. The number of fused-ring (bicyclic) bond motifs is 3.